The van der Waals surface area contributed by atoms with Crippen LogP contribution in [0.15, 0.2) is 18.5 Å². The van der Waals surface area contributed by atoms with Gasteiger partial charge in [0.1, 0.15) is 24.0 Å². The number of ether oxygens (including phenoxy) is 4. The molecule has 0 radical (unpaired) electrons. The van der Waals surface area contributed by atoms with Crippen molar-refractivity contribution < 1.29 is 42.4 Å². The molecule has 0 amide bonds. The van der Waals surface area contributed by atoms with Gasteiger partial charge in [0, 0.05) is 7.11 Å². The van der Waals surface area contributed by atoms with Gasteiger partial charge in [-0.3, -0.25) is 14.4 Å². The SMILES string of the molecule is CCC(CC)COC(=O)[C@H](C)N[P+](=O)OC[C@@](C#N)(OC)[C@@H](OC(=O)C(C)C)[C@@H](OC(=O)C(C)C)c1ccc2c(N)ncnn12. The molecule has 3 N–H and O–H groups in total. The van der Waals surface area contributed by atoms with Gasteiger partial charge in [0.15, 0.2) is 24.6 Å². The van der Waals surface area contributed by atoms with Gasteiger partial charge < -0.3 is 24.7 Å². The van der Waals surface area contributed by atoms with Gasteiger partial charge in [-0.15, -0.1) is 4.52 Å². The van der Waals surface area contributed by atoms with Crippen molar-refractivity contribution in [3.8, 4) is 6.07 Å². The summed E-state index contributed by atoms with van der Waals surface area (Å²) in [6.45, 7) is 11.3. The van der Waals surface area contributed by atoms with Crippen molar-refractivity contribution in [3.05, 3.63) is 24.2 Å². The second-order valence-corrected chi connectivity index (χ2v) is 12.2. The van der Waals surface area contributed by atoms with Crippen LogP contribution in [0.25, 0.3) is 5.52 Å². The summed E-state index contributed by atoms with van der Waals surface area (Å²) in [6, 6.07) is 4.06. The third kappa shape index (κ3) is 9.64. The van der Waals surface area contributed by atoms with Gasteiger partial charge in [0.05, 0.1) is 24.1 Å². The van der Waals surface area contributed by atoms with E-state index in [2.05, 4.69) is 15.2 Å². The second-order valence-electron chi connectivity index (χ2n) is 11.1. The van der Waals surface area contributed by atoms with E-state index in [9.17, 15) is 24.2 Å². The predicted molar refractivity (Wildman–Crippen MR) is 162 cm³/mol. The molecule has 1 unspecified atom stereocenters. The average Bonchev–Trinajstić information content (AvgIpc) is 3.45. The number of nitrogens with one attached hydrogen (secondary N) is 1. The van der Waals surface area contributed by atoms with E-state index in [-0.39, 0.29) is 24.0 Å². The number of nitrogens with two attached hydrogens (primary N) is 1. The zero-order chi connectivity index (χ0) is 33.9. The summed E-state index contributed by atoms with van der Waals surface area (Å²) < 4.78 is 42.4. The van der Waals surface area contributed by atoms with E-state index in [1.54, 1.807) is 33.8 Å². The average molecular weight is 652 g/mol. The molecule has 0 saturated carbocycles. The number of anilines is 1. The summed E-state index contributed by atoms with van der Waals surface area (Å²) in [6.07, 6.45) is -0.276. The van der Waals surface area contributed by atoms with E-state index in [1.165, 1.54) is 30.9 Å². The summed E-state index contributed by atoms with van der Waals surface area (Å²) in [5, 5.41) is 17.2. The largest absolute Gasteiger partial charge is 0.613 e. The van der Waals surface area contributed by atoms with Gasteiger partial charge in [-0.25, -0.2) is 9.50 Å². The van der Waals surface area contributed by atoms with Crippen LogP contribution in [-0.4, -0.2) is 70.6 Å². The first kappa shape index (κ1) is 37.5. The number of hydrogen-bond acceptors (Lipinski definition) is 13. The van der Waals surface area contributed by atoms with Crippen molar-refractivity contribution in [1.82, 2.24) is 19.7 Å². The number of nitrogen functional groups attached to an aromatic ring is 1. The summed E-state index contributed by atoms with van der Waals surface area (Å²) in [4.78, 5) is 42.4. The molecule has 0 aliphatic heterocycles. The Morgan fingerprint density at radius 3 is 2.24 bits per heavy atom. The predicted octanol–water partition coefficient (Wildman–Crippen LogP) is 3.66. The van der Waals surface area contributed by atoms with Gasteiger partial charge in [0.2, 0.25) is 5.60 Å². The normalized spacial score (nSPS) is 15.3. The van der Waals surface area contributed by atoms with E-state index in [0.29, 0.717) is 5.52 Å². The number of nitrogens with zero attached hydrogens (tertiary/aromatic N) is 4. The smallest absolute Gasteiger partial charge is 0.464 e. The Kier molecular flexibility index (Phi) is 14.3. The number of nitriles is 1. The van der Waals surface area contributed by atoms with Gasteiger partial charge in [-0.1, -0.05) is 59.5 Å². The first-order chi connectivity index (χ1) is 21.2. The molecule has 0 bridgehead atoms. The number of aromatic nitrogens is 3. The van der Waals surface area contributed by atoms with Crippen LogP contribution in [0.3, 0.4) is 0 Å². The van der Waals surface area contributed by atoms with Gasteiger partial charge in [-0.05, 0) is 29.5 Å². The highest BCUT2D eigenvalue weighted by atomic mass is 31.1. The molecule has 2 aromatic rings. The lowest BCUT2D eigenvalue weighted by molar-refractivity contribution is -0.197. The number of carbonyl (C=O) groups is 3. The number of rotatable bonds is 18. The maximum Gasteiger partial charge on any atom is 0.613 e. The number of carbonyl (C=O) groups excluding carboxylic acids is 3. The Labute approximate surface area is 264 Å². The van der Waals surface area contributed by atoms with E-state index in [1.807, 2.05) is 19.9 Å². The number of methoxy groups -OCH3 is 1. The van der Waals surface area contributed by atoms with Crippen LogP contribution in [0.2, 0.25) is 0 Å². The van der Waals surface area contributed by atoms with E-state index in [4.69, 9.17) is 29.2 Å². The molecule has 0 aliphatic carbocycles. The Morgan fingerprint density at radius 2 is 1.69 bits per heavy atom. The molecule has 16 heteroatoms. The number of esters is 3. The Hall–Kier alpha value is -3.70. The van der Waals surface area contributed by atoms with Crippen molar-refractivity contribution in [2.24, 2.45) is 17.8 Å². The summed E-state index contributed by atoms with van der Waals surface area (Å²) in [7, 11) is -1.60. The summed E-state index contributed by atoms with van der Waals surface area (Å²) in [5.74, 6) is -2.99. The highest BCUT2D eigenvalue weighted by Gasteiger charge is 2.53. The fourth-order valence-electron chi connectivity index (χ4n) is 4.04. The molecule has 0 aromatic carbocycles. The third-order valence-corrected chi connectivity index (χ3v) is 8.15. The molecule has 0 spiro atoms. The Morgan fingerprint density at radius 1 is 1.07 bits per heavy atom. The maximum atomic E-state index is 13.0. The zero-order valence-electron chi connectivity index (χ0n) is 27.0. The van der Waals surface area contributed by atoms with Crippen LogP contribution >= 0.6 is 8.18 Å². The maximum absolute atomic E-state index is 13.0. The minimum atomic E-state index is -2.77. The fraction of sp³-hybridized carbons (Fsp3) is 0.655. The Bertz CT molecular complexity index is 1370. The van der Waals surface area contributed by atoms with Crippen molar-refractivity contribution in [2.75, 3.05) is 26.1 Å². The van der Waals surface area contributed by atoms with Crippen molar-refractivity contribution in [1.29, 1.82) is 5.26 Å². The fourth-order valence-corrected chi connectivity index (χ4v) is 4.85. The molecule has 2 aromatic heterocycles. The standard InChI is InChI=1S/C29H44N6O9P/c1-9-20(10-2)13-41-28(38)19(7)34-45(39)42-15-29(14-30,40-8)24(44-27(37)18(5)6)23(43-26(36)17(3)4)21-11-12-22-25(31)32-16-33-35(21)22/h11-12,16-20,23-24H,9-10,13,15H2,1-8H3,(H,34,39)(H2,31,32,33)/q+1/t19-,23-,24-,29+/m0/s1. The molecular formula is C29H44N6O9P+. The van der Waals surface area contributed by atoms with Crippen molar-refractivity contribution in [2.45, 2.75) is 85.2 Å². The van der Waals surface area contributed by atoms with Crippen LogP contribution in [0.1, 0.15) is 73.1 Å². The highest BCUT2D eigenvalue weighted by molar-refractivity contribution is 7.36. The van der Waals surface area contributed by atoms with Crippen LogP contribution in [0.4, 0.5) is 5.82 Å². The molecular weight excluding hydrogens is 607 g/mol. The zero-order valence-corrected chi connectivity index (χ0v) is 27.9. The van der Waals surface area contributed by atoms with Gasteiger partial charge in [0.25, 0.3) is 0 Å². The quantitative estimate of drug-likeness (QED) is 0.134. The number of fused-ring (bicyclic) bond motifs is 1. The molecule has 0 fully saturated rings. The van der Waals surface area contributed by atoms with Gasteiger partial charge >= 0.3 is 26.1 Å². The molecule has 2 rings (SSSR count). The van der Waals surface area contributed by atoms with Gasteiger partial charge in [-0.2, -0.15) is 10.4 Å². The van der Waals surface area contributed by atoms with Crippen LogP contribution in [0.5, 0.6) is 0 Å². The lowest BCUT2D eigenvalue weighted by atomic mass is 9.92. The monoisotopic (exact) mass is 651 g/mol. The minimum absolute atomic E-state index is 0.123. The first-order valence-corrected chi connectivity index (χ1v) is 15.9. The van der Waals surface area contributed by atoms with E-state index in [0.717, 1.165) is 12.8 Å². The van der Waals surface area contributed by atoms with E-state index >= 15 is 0 Å². The van der Waals surface area contributed by atoms with Crippen molar-refractivity contribution in [3.63, 3.8) is 0 Å². The molecule has 0 aliphatic rings. The van der Waals surface area contributed by atoms with Crippen LogP contribution in [0, 0.1) is 29.1 Å². The molecule has 248 valence electrons. The molecule has 45 heavy (non-hydrogen) atoms. The molecule has 5 atom stereocenters. The van der Waals surface area contributed by atoms with Crippen LogP contribution in [-0.2, 0) is 42.4 Å². The topological polar surface area (TPSA) is 206 Å². The third-order valence-electron chi connectivity index (χ3n) is 7.18. The molecule has 15 nitrogen and oxygen atoms in total. The lowest BCUT2D eigenvalue weighted by Crippen LogP contribution is -2.53. The lowest BCUT2D eigenvalue weighted by Gasteiger charge is -2.36. The van der Waals surface area contributed by atoms with Crippen molar-refractivity contribution >= 4 is 37.4 Å². The van der Waals surface area contributed by atoms with E-state index < -0.39 is 68.4 Å². The Balaban J connectivity index is 2.48. The summed E-state index contributed by atoms with van der Waals surface area (Å²) in [5.41, 5.74) is 4.37. The number of hydrogen-bond donors (Lipinski definition) is 2. The minimum Gasteiger partial charge on any atom is -0.464 e. The van der Waals surface area contributed by atoms with Crippen LogP contribution < -0.4 is 10.8 Å². The highest BCUT2D eigenvalue weighted by Crippen LogP contribution is 2.37. The summed E-state index contributed by atoms with van der Waals surface area (Å²) >= 11 is 0. The molecule has 2 heterocycles. The second kappa shape index (κ2) is 17.1. The first-order valence-electron chi connectivity index (χ1n) is 14.7. The molecule has 0 saturated heterocycles.